The summed E-state index contributed by atoms with van der Waals surface area (Å²) in [5, 5.41) is 7.25. The van der Waals surface area contributed by atoms with Crippen molar-refractivity contribution in [3.63, 3.8) is 0 Å². The number of benzene rings is 2. The molecular weight excluding hydrogens is 252 g/mol. The molecule has 20 heavy (non-hydrogen) atoms. The number of rotatable bonds is 3. The first-order chi connectivity index (χ1) is 9.61. The molecule has 0 saturated carbocycles. The van der Waals surface area contributed by atoms with Crippen molar-refractivity contribution in [2.45, 2.75) is 26.3 Å². The molecule has 2 amide bonds. The fraction of sp³-hybridized carbons (Fsp3) is 0.250. The van der Waals surface area contributed by atoms with Gasteiger partial charge < -0.3 is 10.6 Å². The molecule has 0 bridgehead atoms. The largest absolute Gasteiger partial charge is 0.345 e. The summed E-state index contributed by atoms with van der Waals surface area (Å²) in [6.45, 7) is 3.82. The van der Waals surface area contributed by atoms with Crippen molar-refractivity contribution in [2.24, 2.45) is 0 Å². The lowest BCUT2D eigenvalue weighted by Crippen LogP contribution is -2.40. The van der Waals surface area contributed by atoms with Gasteiger partial charge in [-0.1, -0.05) is 43.3 Å². The van der Waals surface area contributed by atoms with E-state index < -0.39 is 11.8 Å². The molecule has 0 aliphatic rings. The second-order valence-electron chi connectivity index (χ2n) is 4.76. The highest BCUT2D eigenvalue weighted by Crippen LogP contribution is 2.22. The van der Waals surface area contributed by atoms with Crippen LogP contribution in [0.5, 0.6) is 0 Å². The molecule has 4 nitrogen and oxygen atoms in total. The topological polar surface area (TPSA) is 58.2 Å². The van der Waals surface area contributed by atoms with Crippen molar-refractivity contribution in [2.75, 3.05) is 5.32 Å². The zero-order chi connectivity index (χ0) is 14.5. The fourth-order valence-corrected chi connectivity index (χ4v) is 1.90. The second kappa shape index (κ2) is 6.19. The van der Waals surface area contributed by atoms with Gasteiger partial charge >= 0.3 is 11.8 Å². The molecule has 104 valence electrons. The van der Waals surface area contributed by atoms with Crippen molar-refractivity contribution < 1.29 is 9.59 Å². The van der Waals surface area contributed by atoms with Gasteiger partial charge in [0.1, 0.15) is 0 Å². The van der Waals surface area contributed by atoms with E-state index in [0.717, 1.165) is 17.2 Å². The minimum Gasteiger partial charge on any atom is -0.345 e. The molecule has 0 unspecified atom stereocenters. The van der Waals surface area contributed by atoms with Crippen LogP contribution in [-0.4, -0.2) is 17.9 Å². The molecule has 0 heterocycles. The summed E-state index contributed by atoms with van der Waals surface area (Å²) < 4.78 is 0. The van der Waals surface area contributed by atoms with Gasteiger partial charge in [-0.3, -0.25) is 9.59 Å². The Kier molecular flexibility index (Phi) is 4.35. The van der Waals surface area contributed by atoms with E-state index in [1.807, 2.05) is 50.2 Å². The maximum absolute atomic E-state index is 11.9. The highest BCUT2D eigenvalue weighted by atomic mass is 16.2. The van der Waals surface area contributed by atoms with Gasteiger partial charge in [0.15, 0.2) is 0 Å². The maximum atomic E-state index is 11.9. The van der Waals surface area contributed by atoms with Crippen molar-refractivity contribution in [3.05, 3.63) is 42.5 Å². The Morgan fingerprint density at radius 1 is 1.05 bits per heavy atom. The summed E-state index contributed by atoms with van der Waals surface area (Å²) >= 11 is 0. The molecule has 0 aromatic heterocycles. The Morgan fingerprint density at radius 2 is 1.75 bits per heavy atom. The van der Waals surface area contributed by atoms with Crippen molar-refractivity contribution >= 4 is 28.3 Å². The summed E-state index contributed by atoms with van der Waals surface area (Å²) in [6, 6.07) is 13.3. The third-order valence-electron chi connectivity index (χ3n) is 3.23. The Hall–Kier alpha value is -2.36. The van der Waals surface area contributed by atoms with Crippen LogP contribution in [0.25, 0.3) is 10.8 Å². The Labute approximate surface area is 118 Å². The van der Waals surface area contributed by atoms with Crippen molar-refractivity contribution in [3.8, 4) is 0 Å². The van der Waals surface area contributed by atoms with Gasteiger partial charge in [0, 0.05) is 17.1 Å². The summed E-state index contributed by atoms with van der Waals surface area (Å²) in [5.41, 5.74) is 0.646. The Morgan fingerprint density at radius 3 is 2.50 bits per heavy atom. The van der Waals surface area contributed by atoms with E-state index in [1.54, 1.807) is 6.07 Å². The molecular formula is C16H18N2O2. The Bertz CT molecular complexity index is 632. The van der Waals surface area contributed by atoms with Crippen LogP contribution in [0.15, 0.2) is 42.5 Å². The number of hydrogen-bond acceptors (Lipinski definition) is 2. The zero-order valence-electron chi connectivity index (χ0n) is 11.6. The molecule has 0 fully saturated rings. The normalized spacial score (nSPS) is 11.9. The summed E-state index contributed by atoms with van der Waals surface area (Å²) in [6.07, 6.45) is 0.785. The van der Waals surface area contributed by atoms with Crippen molar-refractivity contribution in [1.82, 2.24) is 5.32 Å². The van der Waals surface area contributed by atoms with Gasteiger partial charge in [-0.15, -0.1) is 0 Å². The van der Waals surface area contributed by atoms with Gasteiger partial charge in [-0.2, -0.15) is 0 Å². The standard InChI is InChI=1S/C16H18N2O2/c1-3-11(2)17-15(19)16(20)18-14-10-6-8-12-7-4-5-9-13(12)14/h4-11H,3H2,1-2H3,(H,17,19)(H,18,20)/t11-/m0/s1. The number of amides is 2. The van der Waals surface area contributed by atoms with Gasteiger partial charge in [0.05, 0.1) is 0 Å². The van der Waals surface area contributed by atoms with Crippen LogP contribution in [0.1, 0.15) is 20.3 Å². The van der Waals surface area contributed by atoms with E-state index in [0.29, 0.717) is 5.69 Å². The van der Waals surface area contributed by atoms with E-state index in [1.165, 1.54) is 0 Å². The van der Waals surface area contributed by atoms with E-state index in [2.05, 4.69) is 10.6 Å². The number of carbonyl (C=O) groups excluding carboxylic acids is 2. The SMILES string of the molecule is CC[C@H](C)NC(=O)C(=O)Nc1cccc2ccccc12. The van der Waals surface area contributed by atoms with Gasteiger partial charge in [-0.05, 0) is 24.8 Å². The fourth-order valence-electron chi connectivity index (χ4n) is 1.90. The molecule has 0 saturated heterocycles. The first-order valence-electron chi connectivity index (χ1n) is 6.71. The quantitative estimate of drug-likeness (QED) is 0.842. The average molecular weight is 270 g/mol. The van der Waals surface area contributed by atoms with Crippen LogP contribution in [0.3, 0.4) is 0 Å². The van der Waals surface area contributed by atoms with Gasteiger partial charge in [0.25, 0.3) is 0 Å². The maximum Gasteiger partial charge on any atom is 0.313 e. The van der Waals surface area contributed by atoms with E-state index in [9.17, 15) is 9.59 Å². The lowest BCUT2D eigenvalue weighted by Gasteiger charge is -2.12. The summed E-state index contributed by atoms with van der Waals surface area (Å²) in [5.74, 6) is -1.24. The van der Waals surface area contributed by atoms with Crippen LogP contribution in [0.2, 0.25) is 0 Å². The molecule has 2 aromatic rings. The molecule has 2 aromatic carbocycles. The molecule has 2 N–H and O–H groups in total. The average Bonchev–Trinajstić information content (AvgIpc) is 2.47. The molecule has 0 spiro atoms. The summed E-state index contributed by atoms with van der Waals surface area (Å²) in [7, 11) is 0. The highest BCUT2D eigenvalue weighted by molar-refractivity contribution is 6.40. The number of nitrogens with one attached hydrogen (secondary N) is 2. The zero-order valence-corrected chi connectivity index (χ0v) is 11.6. The molecule has 4 heteroatoms. The minimum absolute atomic E-state index is 0.0132. The Balaban J connectivity index is 2.16. The predicted molar refractivity (Wildman–Crippen MR) is 80.5 cm³/mol. The van der Waals surface area contributed by atoms with E-state index in [4.69, 9.17) is 0 Å². The monoisotopic (exact) mass is 270 g/mol. The second-order valence-corrected chi connectivity index (χ2v) is 4.76. The number of fused-ring (bicyclic) bond motifs is 1. The summed E-state index contributed by atoms with van der Waals surface area (Å²) in [4.78, 5) is 23.6. The predicted octanol–water partition coefficient (Wildman–Crippen LogP) is 2.69. The van der Waals surface area contributed by atoms with Crippen LogP contribution in [0, 0.1) is 0 Å². The van der Waals surface area contributed by atoms with Crippen LogP contribution in [-0.2, 0) is 9.59 Å². The van der Waals surface area contributed by atoms with E-state index in [-0.39, 0.29) is 6.04 Å². The number of hydrogen-bond donors (Lipinski definition) is 2. The minimum atomic E-state index is -0.637. The van der Waals surface area contributed by atoms with Crippen molar-refractivity contribution in [1.29, 1.82) is 0 Å². The lowest BCUT2D eigenvalue weighted by molar-refractivity contribution is -0.136. The third kappa shape index (κ3) is 3.15. The first kappa shape index (κ1) is 14.1. The van der Waals surface area contributed by atoms with Gasteiger partial charge in [0.2, 0.25) is 0 Å². The third-order valence-corrected chi connectivity index (χ3v) is 3.23. The molecule has 1 atom stereocenters. The molecule has 0 aliphatic carbocycles. The molecule has 2 rings (SSSR count). The van der Waals surface area contributed by atoms with Crippen LogP contribution >= 0.6 is 0 Å². The van der Waals surface area contributed by atoms with Crippen LogP contribution < -0.4 is 10.6 Å². The first-order valence-corrected chi connectivity index (χ1v) is 6.71. The smallest absolute Gasteiger partial charge is 0.313 e. The highest BCUT2D eigenvalue weighted by Gasteiger charge is 2.16. The van der Waals surface area contributed by atoms with Crippen LogP contribution in [0.4, 0.5) is 5.69 Å². The number of carbonyl (C=O) groups is 2. The molecule has 0 aliphatic heterocycles. The molecule has 0 radical (unpaired) electrons. The van der Waals surface area contributed by atoms with E-state index >= 15 is 0 Å². The number of anilines is 1. The lowest BCUT2D eigenvalue weighted by atomic mass is 10.1. The van der Waals surface area contributed by atoms with Gasteiger partial charge in [-0.25, -0.2) is 0 Å².